The normalized spacial score (nSPS) is 12.2. The van der Waals surface area contributed by atoms with E-state index in [1.165, 1.54) is 7.05 Å². The first kappa shape index (κ1) is 15.2. The molecule has 0 unspecified atom stereocenters. The molecule has 2 aromatic rings. The van der Waals surface area contributed by atoms with Crippen LogP contribution in [0.1, 0.15) is 6.42 Å². The number of thiophene rings is 1. The molecule has 0 saturated heterocycles. The number of fused-ring (bicyclic) bond motifs is 1. The van der Waals surface area contributed by atoms with E-state index in [-0.39, 0.29) is 17.2 Å². The number of rotatable bonds is 5. The van der Waals surface area contributed by atoms with Crippen LogP contribution in [0.25, 0.3) is 10.1 Å². The van der Waals surface area contributed by atoms with E-state index in [9.17, 15) is 13.2 Å². The molecular formula is C12H12ClNO4S2. The monoisotopic (exact) mass is 333 g/mol. The Hall–Kier alpha value is -1.15. The Morgan fingerprint density at radius 1 is 1.40 bits per heavy atom. The Balaban J connectivity index is 2.33. The number of carbonyl (C=O) groups is 1. The minimum Gasteiger partial charge on any atom is -0.481 e. The van der Waals surface area contributed by atoms with Crippen molar-refractivity contribution in [3.63, 3.8) is 0 Å². The molecule has 0 saturated carbocycles. The molecule has 8 heteroatoms. The second-order valence-corrected chi connectivity index (χ2v) is 8.01. The Morgan fingerprint density at radius 3 is 2.75 bits per heavy atom. The van der Waals surface area contributed by atoms with Crippen LogP contribution in [0.5, 0.6) is 0 Å². The van der Waals surface area contributed by atoms with Gasteiger partial charge in [-0.15, -0.1) is 11.3 Å². The lowest BCUT2D eigenvalue weighted by Crippen LogP contribution is -2.28. The fraction of sp³-hybridized carbons (Fsp3) is 0.250. The van der Waals surface area contributed by atoms with Gasteiger partial charge in [0.05, 0.1) is 6.42 Å². The molecule has 2 rings (SSSR count). The molecule has 0 fully saturated rings. The molecule has 20 heavy (non-hydrogen) atoms. The van der Waals surface area contributed by atoms with Gasteiger partial charge in [0.25, 0.3) is 10.0 Å². The summed E-state index contributed by atoms with van der Waals surface area (Å²) >= 11 is 7.01. The maximum Gasteiger partial charge on any atom is 0.304 e. The van der Waals surface area contributed by atoms with Crippen LogP contribution in [0.4, 0.5) is 0 Å². The van der Waals surface area contributed by atoms with E-state index in [2.05, 4.69) is 0 Å². The number of carboxylic acid groups (broad SMARTS) is 1. The van der Waals surface area contributed by atoms with E-state index in [0.717, 1.165) is 25.7 Å². The molecule has 0 bridgehead atoms. The van der Waals surface area contributed by atoms with Crippen LogP contribution in [-0.2, 0) is 14.8 Å². The summed E-state index contributed by atoms with van der Waals surface area (Å²) in [5.41, 5.74) is 0. The molecule has 0 radical (unpaired) electrons. The molecule has 1 aromatic heterocycles. The van der Waals surface area contributed by atoms with Gasteiger partial charge in [0, 0.05) is 23.3 Å². The minimum absolute atomic E-state index is 0.0628. The number of carboxylic acids is 1. The third-order valence-corrected chi connectivity index (χ3v) is 6.42. The lowest BCUT2D eigenvalue weighted by atomic mass is 10.3. The molecule has 108 valence electrons. The molecule has 0 amide bonds. The molecule has 0 aliphatic heterocycles. The topological polar surface area (TPSA) is 74.7 Å². The van der Waals surface area contributed by atoms with Crippen LogP contribution in [0.3, 0.4) is 0 Å². The summed E-state index contributed by atoms with van der Waals surface area (Å²) in [5, 5.41) is 9.91. The van der Waals surface area contributed by atoms with Crippen molar-refractivity contribution < 1.29 is 18.3 Å². The average molecular weight is 334 g/mol. The summed E-state index contributed by atoms with van der Waals surface area (Å²) in [4.78, 5) is 10.5. The summed E-state index contributed by atoms with van der Waals surface area (Å²) < 4.78 is 26.7. The van der Waals surface area contributed by atoms with Crippen molar-refractivity contribution in [1.82, 2.24) is 4.31 Å². The average Bonchev–Trinajstić information content (AvgIpc) is 2.79. The van der Waals surface area contributed by atoms with Gasteiger partial charge in [-0.05, 0) is 29.7 Å². The van der Waals surface area contributed by atoms with Crippen LogP contribution in [0.2, 0.25) is 5.02 Å². The van der Waals surface area contributed by atoms with E-state index < -0.39 is 16.0 Å². The highest BCUT2D eigenvalue weighted by atomic mass is 35.5. The highest BCUT2D eigenvalue weighted by Gasteiger charge is 2.23. The smallest absolute Gasteiger partial charge is 0.304 e. The lowest BCUT2D eigenvalue weighted by molar-refractivity contribution is -0.137. The predicted octanol–water partition coefficient (Wildman–Crippen LogP) is 2.65. The Kier molecular flexibility index (Phi) is 4.33. The van der Waals surface area contributed by atoms with E-state index >= 15 is 0 Å². The van der Waals surface area contributed by atoms with Gasteiger partial charge < -0.3 is 5.11 Å². The van der Waals surface area contributed by atoms with Crippen LogP contribution in [0.15, 0.2) is 28.5 Å². The van der Waals surface area contributed by atoms with Crippen molar-refractivity contribution in [3.05, 3.63) is 29.3 Å². The second-order valence-electron chi connectivity index (χ2n) is 4.22. The van der Waals surface area contributed by atoms with Gasteiger partial charge in [-0.2, -0.15) is 4.31 Å². The molecule has 0 atom stereocenters. The zero-order chi connectivity index (χ0) is 14.9. The Morgan fingerprint density at radius 2 is 2.10 bits per heavy atom. The molecule has 0 spiro atoms. The number of hydrogen-bond acceptors (Lipinski definition) is 4. The summed E-state index contributed by atoms with van der Waals surface area (Å²) in [6, 6.07) is 6.71. The first-order valence-corrected chi connectivity index (χ1v) is 8.31. The van der Waals surface area contributed by atoms with Crippen molar-refractivity contribution in [2.75, 3.05) is 13.6 Å². The molecule has 0 aliphatic rings. The molecule has 1 heterocycles. The van der Waals surface area contributed by atoms with Gasteiger partial charge >= 0.3 is 5.97 Å². The van der Waals surface area contributed by atoms with Gasteiger partial charge in [-0.3, -0.25) is 4.79 Å². The number of sulfonamides is 1. The van der Waals surface area contributed by atoms with Crippen molar-refractivity contribution >= 4 is 49.0 Å². The maximum atomic E-state index is 12.3. The number of nitrogens with zero attached hydrogens (tertiary/aromatic N) is 1. The Labute approximate surface area is 125 Å². The van der Waals surface area contributed by atoms with Crippen molar-refractivity contribution in [2.45, 2.75) is 10.6 Å². The molecule has 5 nitrogen and oxygen atoms in total. The number of hydrogen-bond donors (Lipinski definition) is 1. The summed E-state index contributed by atoms with van der Waals surface area (Å²) in [6.45, 7) is -0.0628. The van der Waals surface area contributed by atoms with Crippen molar-refractivity contribution in [1.29, 1.82) is 0 Å². The van der Waals surface area contributed by atoms with E-state index in [4.69, 9.17) is 16.7 Å². The first-order chi connectivity index (χ1) is 9.30. The van der Waals surface area contributed by atoms with Gasteiger partial charge in [0.2, 0.25) is 0 Å². The van der Waals surface area contributed by atoms with Crippen LogP contribution < -0.4 is 0 Å². The summed E-state index contributed by atoms with van der Waals surface area (Å²) in [7, 11) is -2.29. The number of halogens is 1. The lowest BCUT2D eigenvalue weighted by Gasteiger charge is -2.14. The standard InChI is InChI=1S/C12H12ClNO4S2/c1-14(5-4-11(15)16)20(17,18)12-7-8-6-9(13)2-3-10(8)19-12/h2-3,6-7H,4-5H2,1H3,(H,15,16). The predicted molar refractivity (Wildman–Crippen MR) is 78.9 cm³/mol. The third kappa shape index (κ3) is 3.12. The zero-order valence-electron chi connectivity index (χ0n) is 10.5. The zero-order valence-corrected chi connectivity index (χ0v) is 12.9. The highest BCUT2D eigenvalue weighted by Crippen LogP contribution is 2.32. The third-order valence-electron chi connectivity index (χ3n) is 2.76. The quantitative estimate of drug-likeness (QED) is 0.912. The molecular weight excluding hydrogens is 322 g/mol. The van der Waals surface area contributed by atoms with E-state index in [1.54, 1.807) is 24.3 Å². The minimum atomic E-state index is -3.66. The van der Waals surface area contributed by atoms with E-state index in [0.29, 0.717) is 5.02 Å². The number of benzene rings is 1. The fourth-order valence-corrected chi connectivity index (χ4v) is 4.59. The summed E-state index contributed by atoms with van der Waals surface area (Å²) in [5.74, 6) is -1.03. The number of aliphatic carboxylic acids is 1. The van der Waals surface area contributed by atoms with Gasteiger partial charge in [-0.25, -0.2) is 8.42 Å². The molecule has 0 aliphatic carbocycles. The van der Waals surface area contributed by atoms with Crippen molar-refractivity contribution in [3.8, 4) is 0 Å². The van der Waals surface area contributed by atoms with Crippen LogP contribution in [0, 0.1) is 0 Å². The molecule has 1 N–H and O–H groups in total. The summed E-state index contributed by atoms with van der Waals surface area (Å²) in [6.07, 6.45) is -0.230. The van der Waals surface area contributed by atoms with Gasteiger partial charge in [0.15, 0.2) is 0 Å². The second kappa shape index (κ2) is 5.69. The largest absolute Gasteiger partial charge is 0.481 e. The fourth-order valence-electron chi connectivity index (χ4n) is 1.64. The van der Waals surface area contributed by atoms with E-state index in [1.807, 2.05) is 0 Å². The highest BCUT2D eigenvalue weighted by molar-refractivity contribution is 7.91. The van der Waals surface area contributed by atoms with Crippen molar-refractivity contribution in [2.24, 2.45) is 0 Å². The first-order valence-electron chi connectivity index (χ1n) is 5.68. The van der Waals surface area contributed by atoms with Gasteiger partial charge in [-0.1, -0.05) is 11.6 Å². The molecule has 1 aromatic carbocycles. The van der Waals surface area contributed by atoms with Gasteiger partial charge in [0.1, 0.15) is 4.21 Å². The van der Waals surface area contributed by atoms with Crippen LogP contribution >= 0.6 is 22.9 Å². The Bertz CT molecular complexity index is 754. The maximum absolute atomic E-state index is 12.3. The SMILES string of the molecule is CN(CCC(=O)O)S(=O)(=O)c1cc2cc(Cl)ccc2s1. The van der Waals surface area contributed by atoms with Crippen LogP contribution in [-0.4, -0.2) is 37.4 Å².